The molecular weight excluding hydrogens is 233 g/mol. The molecule has 1 saturated heterocycles. The number of nitrogens with zero attached hydrogens (tertiary/aromatic N) is 1. The van der Waals surface area contributed by atoms with Crippen LogP contribution in [0.15, 0.2) is 24.3 Å². The molecule has 1 unspecified atom stereocenters. The Morgan fingerprint density at radius 2 is 2.06 bits per heavy atom. The van der Waals surface area contributed by atoms with Crippen LogP contribution in [0.5, 0.6) is 0 Å². The second-order valence-electron chi connectivity index (χ2n) is 4.62. The van der Waals surface area contributed by atoms with Crippen LogP contribution >= 0.6 is 0 Å². The van der Waals surface area contributed by atoms with Gasteiger partial charge in [-0.15, -0.1) is 0 Å². The van der Waals surface area contributed by atoms with Crippen molar-refractivity contribution in [2.45, 2.75) is 26.3 Å². The van der Waals surface area contributed by atoms with E-state index in [4.69, 9.17) is 0 Å². The van der Waals surface area contributed by atoms with Crippen LogP contribution in [0, 0.1) is 11.7 Å². The summed E-state index contributed by atoms with van der Waals surface area (Å²) in [5, 5.41) is 0. The van der Waals surface area contributed by atoms with Crippen molar-refractivity contribution in [2.75, 3.05) is 6.54 Å². The zero-order valence-electron chi connectivity index (χ0n) is 10.4. The number of carbonyl (C=O) groups is 2. The molecule has 96 valence electrons. The molecule has 1 aliphatic rings. The van der Waals surface area contributed by atoms with Gasteiger partial charge in [-0.25, -0.2) is 4.39 Å². The Morgan fingerprint density at radius 3 is 2.67 bits per heavy atom. The first kappa shape index (κ1) is 12.7. The van der Waals surface area contributed by atoms with Gasteiger partial charge < -0.3 is 4.90 Å². The number of Topliss-reactive ketones (excluding diaryl/α,β-unsaturated/α-hetero) is 1. The normalized spacial score (nSPS) is 19.3. The molecule has 0 radical (unpaired) electrons. The first-order valence-electron chi connectivity index (χ1n) is 6.15. The lowest BCUT2D eigenvalue weighted by Gasteiger charge is -2.16. The van der Waals surface area contributed by atoms with Gasteiger partial charge in [0.15, 0.2) is 0 Å². The number of halogens is 1. The summed E-state index contributed by atoms with van der Waals surface area (Å²) in [6.45, 7) is 2.75. The van der Waals surface area contributed by atoms with Crippen LogP contribution in [-0.4, -0.2) is 23.1 Å². The molecule has 1 fully saturated rings. The maximum absolute atomic E-state index is 12.8. The largest absolute Gasteiger partial charge is 0.338 e. The van der Waals surface area contributed by atoms with E-state index < -0.39 is 0 Å². The third-order valence-electron chi connectivity index (χ3n) is 3.30. The zero-order chi connectivity index (χ0) is 13.1. The number of ketones is 1. The van der Waals surface area contributed by atoms with E-state index in [0.29, 0.717) is 25.9 Å². The molecule has 2 rings (SSSR count). The lowest BCUT2D eigenvalue weighted by atomic mass is 10.0. The molecule has 1 amide bonds. The van der Waals surface area contributed by atoms with Crippen molar-refractivity contribution < 1.29 is 14.0 Å². The van der Waals surface area contributed by atoms with Crippen molar-refractivity contribution in [1.29, 1.82) is 0 Å². The summed E-state index contributed by atoms with van der Waals surface area (Å²) < 4.78 is 12.8. The Balaban J connectivity index is 2.00. The number of benzene rings is 1. The number of amides is 1. The molecule has 18 heavy (non-hydrogen) atoms. The van der Waals surface area contributed by atoms with Crippen molar-refractivity contribution in [3.63, 3.8) is 0 Å². The Morgan fingerprint density at radius 1 is 1.39 bits per heavy atom. The highest BCUT2D eigenvalue weighted by atomic mass is 19.1. The summed E-state index contributed by atoms with van der Waals surface area (Å²) >= 11 is 0. The fourth-order valence-electron chi connectivity index (χ4n) is 2.24. The molecule has 0 N–H and O–H groups in total. The minimum Gasteiger partial charge on any atom is -0.338 e. The molecule has 1 aliphatic heterocycles. The Hall–Kier alpha value is -1.71. The summed E-state index contributed by atoms with van der Waals surface area (Å²) in [6.07, 6.45) is 0.788. The van der Waals surface area contributed by atoms with Crippen LogP contribution in [0.2, 0.25) is 0 Å². The van der Waals surface area contributed by atoms with Crippen LogP contribution in [0.3, 0.4) is 0 Å². The smallest absolute Gasteiger partial charge is 0.223 e. The molecule has 3 nitrogen and oxygen atoms in total. The number of likely N-dealkylation sites (tertiary alicyclic amines) is 1. The van der Waals surface area contributed by atoms with Gasteiger partial charge in [-0.2, -0.15) is 0 Å². The second-order valence-corrected chi connectivity index (χ2v) is 4.62. The van der Waals surface area contributed by atoms with Gasteiger partial charge >= 0.3 is 0 Å². The van der Waals surface area contributed by atoms with Crippen LogP contribution in [0.4, 0.5) is 4.39 Å². The van der Waals surface area contributed by atoms with Gasteiger partial charge in [0.1, 0.15) is 11.6 Å². The number of carbonyl (C=O) groups excluding carboxylic acids is 2. The van der Waals surface area contributed by atoms with Crippen LogP contribution in [-0.2, 0) is 16.1 Å². The minimum absolute atomic E-state index is 0.00567. The van der Waals surface area contributed by atoms with Crippen molar-refractivity contribution in [3.8, 4) is 0 Å². The van der Waals surface area contributed by atoms with Crippen LogP contribution in [0.25, 0.3) is 0 Å². The third kappa shape index (κ3) is 2.75. The number of rotatable bonds is 4. The predicted octanol–water partition coefficient (Wildman–Crippen LogP) is 2.15. The van der Waals surface area contributed by atoms with E-state index in [1.54, 1.807) is 17.0 Å². The molecule has 0 spiro atoms. The van der Waals surface area contributed by atoms with Gasteiger partial charge in [-0.05, 0) is 17.7 Å². The minimum atomic E-state index is -0.287. The summed E-state index contributed by atoms with van der Waals surface area (Å²) in [6, 6.07) is 6.09. The van der Waals surface area contributed by atoms with E-state index in [1.165, 1.54) is 12.1 Å². The fraction of sp³-hybridized carbons (Fsp3) is 0.429. The molecule has 0 bridgehead atoms. The molecule has 0 aliphatic carbocycles. The highest BCUT2D eigenvalue weighted by Gasteiger charge is 2.32. The average Bonchev–Trinajstić information content (AvgIpc) is 2.73. The molecule has 1 heterocycles. The summed E-state index contributed by atoms with van der Waals surface area (Å²) in [4.78, 5) is 25.0. The van der Waals surface area contributed by atoms with E-state index in [1.807, 2.05) is 6.92 Å². The first-order chi connectivity index (χ1) is 8.60. The summed E-state index contributed by atoms with van der Waals surface area (Å²) in [5.41, 5.74) is 0.884. The van der Waals surface area contributed by atoms with E-state index in [9.17, 15) is 14.0 Å². The lowest BCUT2D eigenvalue weighted by molar-refractivity contribution is -0.128. The fourth-order valence-corrected chi connectivity index (χ4v) is 2.24. The van der Waals surface area contributed by atoms with Gasteiger partial charge in [0.05, 0.1) is 0 Å². The monoisotopic (exact) mass is 249 g/mol. The standard InChI is InChI=1S/C14H16FNO2/c1-2-13(17)11-7-14(18)16(9-11)8-10-3-5-12(15)6-4-10/h3-6,11H,2,7-9H2,1H3. The molecule has 1 atom stereocenters. The lowest BCUT2D eigenvalue weighted by Crippen LogP contribution is -2.25. The van der Waals surface area contributed by atoms with E-state index in [-0.39, 0.29) is 23.4 Å². The van der Waals surface area contributed by atoms with Gasteiger partial charge in [0, 0.05) is 31.8 Å². The highest BCUT2D eigenvalue weighted by Crippen LogP contribution is 2.21. The number of hydrogen-bond acceptors (Lipinski definition) is 2. The maximum atomic E-state index is 12.8. The first-order valence-corrected chi connectivity index (χ1v) is 6.15. The Labute approximate surface area is 106 Å². The second kappa shape index (κ2) is 5.29. The quantitative estimate of drug-likeness (QED) is 0.820. The summed E-state index contributed by atoms with van der Waals surface area (Å²) in [5.74, 6) is -0.301. The predicted molar refractivity (Wildman–Crippen MR) is 65.2 cm³/mol. The van der Waals surface area contributed by atoms with Crippen molar-refractivity contribution in [3.05, 3.63) is 35.6 Å². The van der Waals surface area contributed by atoms with E-state index >= 15 is 0 Å². The summed E-state index contributed by atoms with van der Waals surface area (Å²) in [7, 11) is 0. The molecule has 0 saturated carbocycles. The molecule has 4 heteroatoms. The van der Waals surface area contributed by atoms with Gasteiger partial charge in [0.2, 0.25) is 5.91 Å². The van der Waals surface area contributed by atoms with E-state index in [0.717, 1.165) is 5.56 Å². The maximum Gasteiger partial charge on any atom is 0.223 e. The average molecular weight is 249 g/mol. The third-order valence-corrected chi connectivity index (χ3v) is 3.30. The van der Waals surface area contributed by atoms with Crippen LogP contribution < -0.4 is 0 Å². The Kier molecular flexibility index (Phi) is 3.75. The van der Waals surface area contributed by atoms with Gasteiger partial charge in [0.25, 0.3) is 0 Å². The molecule has 0 aromatic heterocycles. The van der Waals surface area contributed by atoms with Crippen molar-refractivity contribution >= 4 is 11.7 Å². The SMILES string of the molecule is CCC(=O)C1CC(=O)N(Cc2ccc(F)cc2)C1. The van der Waals surface area contributed by atoms with Gasteiger partial charge in [-0.3, -0.25) is 9.59 Å². The zero-order valence-corrected chi connectivity index (χ0v) is 10.4. The van der Waals surface area contributed by atoms with Crippen molar-refractivity contribution in [2.24, 2.45) is 5.92 Å². The van der Waals surface area contributed by atoms with Crippen molar-refractivity contribution in [1.82, 2.24) is 4.90 Å². The highest BCUT2D eigenvalue weighted by molar-refractivity contribution is 5.90. The van der Waals surface area contributed by atoms with Gasteiger partial charge in [-0.1, -0.05) is 19.1 Å². The molecular formula is C14H16FNO2. The molecule has 1 aromatic carbocycles. The van der Waals surface area contributed by atoms with Crippen LogP contribution in [0.1, 0.15) is 25.3 Å². The van der Waals surface area contributed by atoms with E-state index in [2.05, 4.69) is 0 Å². The Bertz CT molecular complexity index is 455. The molecule has 1 aromatic rings. The number of hydrogen-bond donors (Lipinski definition) is 0. The topological polar surface area (TPSA) is 37.4 Å².